The zero-order chi connectivity index (χ0) is 22.3. The molecule has 0 aliphatic carbocycles. The van der Waals surface area contributed by atoms with Gasteiger partial charge in [-0.25, -0.2) is 14.8 Å². The fraction of sp³-hybridized carbons (Fsp3) is 0.304. The molecule has 4 aromatic rings. The van der Waals surface area contributed by atoms with Gasteiger partial charge in [-0.05, 0) is 51.5 Å². The predicted molar refractivity (Wildman–Crippen MR) is 121 cm³/mol. The lowest BCUT2D eigenvalue weighted by molar-refractivity contribution is 0.541. The molecule has 1 aromatic carbocycles. The van der Waals surface area contributed by atoms with Crippen LogP contribution in [0.5, 0.6) is 0 Å². The van der Waals surface area contributed by atoms with Gasteiger partial charge < -0.3 is 8.98 Å². The van der Waals surface area contributed by atoms with Crippen molar-refractivity contribution in [3.05, 3.63) is 67.9 Å². The molecule has 3 aromatic heterocycles. The van der Waals surface area contributed by atoms with Crippen molar-refractivity contribution < 1.29 is 4.42 Å². The van der Waals surface area contributed by atoms with Gasteiger partial charge in [0.1, 0.15) is 11.6 Å². The van der Waals surface area contributed by atoms with Crippen molar-refractivity contribution in [3.63, 3.8) is 0 Å². The molecule has 0 aliphatic heterocycles. The minimum atomic E-state index is -0.330. The molecule has 0 bridgehead atoms. The number of oxazole rings is 1. The number of rotatable bonds is 5. The Hall–Kier alpha value is -3.68. The van der Waals surface area contributed by atoms with Gasteiger partial charge in [-0.3, -0.25) is 13.9 Å². The van der Waals surface area contributed by atoms with Gasteiger partial charge in [-0.15, -0.1) is 0 Å². The predicted octanol–water partition coefficient (Wildman–Crippen LogP) is 3.38. The van der Waals surface area contributed by atoms with Gasteiger partial charge in [-0.1, -0.05) is 18.2 Å². The molecule has 3 heterocycles. The van der Waals surface area contributed by atoms with Crippen LogP contribution in [0.1, 0.15) is 36.7 Å². The molecule has 8 heteroatoms. The number of aryl methyl sites for hydroxylation is 4. The Bertz CT molecular complexity index is 1400. The van der Waals surface area contributed by atoms with E-state index in [0.29, 0.717) is 36.0 Å². The summed E-state index contributed by atoms with van der Waals surface area (Å²) in [6.45, 7) is 8.23. The molecule has 160 valence electrons. The molecule has 0 saturated carbocycles. The molecule has 0 saturated heterocycles. The van der Waals surface area contributed by atoms with Crippen molar-refractivity contribution in [2.24, 2.45) is 7.05 Å². The molecule has 4 rings (SSSR count). The molecule has 0 fully saturated rings. The van der Waals surface area contributed by atoms with Crippen LogP contribution < -0.4 is 11.2 Å². The van der Waals surface area contributed by atoms with Crippen LogP contribution in [-0.4, -0.2) is 23.7 Å². The molecule has 0 radical (unpaired) electrons. The van der Waals surface area contributed by atoms with Crippen molar-refractivity contribution in [2.75, 3.05) is 0 Å². The Morgan fingerprint density at radius 3 is 2.23 bits per heavy atom. The average molecular weight is 419 g/mol. The van der Waals surface area contributed by atoms with Crippen molar-refractivity contribution in [1.29, 1.82) is 0 Å². The first kappa shape index (κ1) is 20.6. The number of benzene rings is 1. The molecule has 8 nitrogen and oxygen atoms in total. The van der Waals surface area contributed by atoms with E-state index in [9.17, 15) is 9.59 Å². The Morgan fingerprint density at radius 2 is 1.65 bits per heavy atom. The van der Waals surface area contributed by atoms with Crippen LogP contribution in [0.4, 0.5) is 0 Å². The van der Waals surface area contributed by atoms with E-state index in [4.69, 9.17) is 4.42 Å². The van der Waals surface area contributed by atoms with E-state index >= 15 is 0 Å². The van der Waals surface area contributed by atoms with Gasteiger partial charge in [0.2, 0.25) is 5.89 Å². The van der Waals surface area contributed by atoms with Crippen LogP contribution in [0, 0.1) is 13.8 Å². The van der Waals surface area contributed by atoms with E-state index in [-0.39, 0.29) is 11.2 Å². The third kappa shape index (κ3) is 3.43. The summed E-state index contributed by atoms with van der Waals surface area (Å²) in [5, 5.41) is 0. The summed E-state index contributed by atoms with van der Waals surface area (Å²) < 4.78 is 10.2. The third-order valence-electron chi connectivity index (χ3n) is 5.52. The first-order valence-electron chi connectivity index (χ1n) is 10.3. The van der Waals surface area contributed by atoms with Crippen LogP contribution >= 0.6 is 0 Å². The highest BCUT2D eigenvalue weighted by molar-refractivity contribution is 5.77. The SMILES string of the molecule is CCn1c(=O)c2c(nc(/C=C/c3ccc(-c4nc(C)c(C)o4)cc3)n2C)n(CC)c1=O. The highest BCUT2D eigenvalue weighted by Crippen LogP contribution is 2.22. The number of fused-ring (bicyclic) bond motifs is 1. The highest BCUT2D eigenvalue weighted by Gasteiger charge is 2.17. The van der Waals surface area contributed by atoms with Crippen molar-refractivity contribution >= 4 is 23.3 Å². The highest BCUT2D eigenvalue weighted by atomic mass is 16.4. The van der Waals surface area contributed by atoms with Gasteiger partial charge in [0.25, 0.3) is 5.56 Å². The first-order valence-corrected chi connectivity index (χ1v) is 10.3. The summed E-state index contributed by atoms with van der Waals surface area (Å²) in [6, 6.07) is 7.84. The lowest BCUT2D eigenvalue weighted by atomic mass is 10.1. The summed E-state index contributed by atoms with van der Waals surface area (Å²) in [5.74, 6) is 2.02. The van der Waals surface area contributed by atoms with E-state index in [0.717, 1.165) is 22.6 Å². The third-order valence-corrected chi connectivity index (χ3v) is 5.52. The largest absolute Gasteiger partial charge is 0.441 e. The molecular formula is C23H25N5O3. The van der Waals surface area contributed by atoms with Gasteiger partial charge in [-0.2, -0.15) is 0 Å². The molecule has 0 spiro atoms. The number of hydrogen-bond acceptors (Lipinski definition) is 5. The minimum absolute atomic E-state index is 0.317. The molecule has 31 heavy (non-hydrogen) atoms. The number of nitrogens with zero attached hydrogens (tertiary/aromatic N) is 5. The zero-order valence-corrected chi connectivity index (χ0v) is 18.3. The van der Waals surface area contributed by atoms with E-state index in [2.05, 4.69) is 9.97 Å². The second-order valence-corrected chi connectivity index (χ2v) is 7.39. The Balaban J connectivity index is 1.71. The van der Waals surface area contributed by atoms with Crippen LogP contribution in [0.2, 0.25) is 0 Å². The first-order chi connectivity index (χ1) is 14.8. The van der Waals surface area contributed by atoms with E-state index < -0.39 is 0 Å². The zero-order valence-electron chi connectivity index (χ0n) is 18.3. The van der Waals surface area contributed by atoms with Crippen molar-refractivity contribution in [1.82, 2.24) is 23.7 Å². The summed E-state index contributed by atoms with van der Waals surface area (Å²) in [7, 11) is 1.79. The lowest BCUT2D eigenvalue weighted by Crippen LogP contribution is -2.39. The quantitative estimate of drug-likeness (QED) is 0.495. The fourth-order valence-corrected chi connectivity index (χ4v) is 3.60. The lowest BCUT2D eigenvalue weighted by Gasteiger charge is -2.08. The standard InChI is InChI=1S/C23H25N5O3/c1-6-27-20-19(22(29)28(7-2)23(27)30)26(5)18(25-20)13-10-16-8-11-17(12-9-16)21-24-14(3)15(4)31-21/h8-13H,6-7H2,1-5H3/b13-10+. The molecule has 0 unspecified atom stereocenters. The van der Waals surface area contributed by atoms with E-state index in [1.165, 1.54) is 9.13 Å². The topological polar surface area (TPSA) is 87.8 Å². The number of aromatic nitrogens is 5. The van der Waals surface area contributed by atoms with Gasteiger partial charge in [0.15, 0.2) is 11.2 Å². The molecular weight excluding hydrogens is 394 g/mol. The van der Waals surface area contributed by atoms with Crippen LogP contribution in [0.3, 0.4) is 0 Å². The maximum Gasteiger partial charge on any atom is 0.332 e. The van der Waals surface area contributed by atoms with Gasteiger partial charge >= 0.3 is 5.69 Å². The molecule has 0 atom stereocenters. The smallest absolute Gasteiger partial charge is 0.332 e. The van der Waals surface area contributed by atoms with Gasteiger partial charge in [0, 0.05) is 25.7 Å². The van der Waals surface area contributed by atoms with Crippen LogP contribution in [0.15, 0.2) is 38.3 Å². The van der Waals surface area contributed by atoms with Crippen molar-refractivity contribution in [2.45, 2.75) is 40.8 Å². The van der Waals surface area contributed by atoms with Crippen LogP contribution in [0.25, 0.3) is 34.8 Å². The Labute approximate surface area is 179 Å². The maximum absolute atomic E-state index is 12.8. The summed E-state index contributed by atoms with van der Waals surface area (Å²) in [4.78, 5) is 34.4. The summed E-state index contributed by atoms with van der Waals surface area (Å²) in [5.41, 5.74) is 2.94. The summed E-state index contributed by atoms with van der Waals surface area (Å²) in [6.07, 6.45) is 3.76. The normalized spacial score (nSPS) is 11.8. The number of imidazole rings is 1. The monoisotopic (exact) mass is 419 g/mol. The summed E-state index contributed by atoms with van der Waals surface area (Å²) >= 11 is 0. The Kier molecular flexibility index (Phi) is 5.22. The maximum atomic E-state index is 12.8. The fourth-order valence-electron chi connectivity index (χ4n) is 3.60. The van der Waals surface area contributed by atoms with E-state index in [1.807, 2.05) is 57.2 Å². The molecule has 0 amide bonds. The minimum Gasteiger partial charge on any atom is -0.441 e. The molecule has 0 aliphatic rings. The van der Waals surface area contributed by atoms with Crippen molar-refractivity contribution in [3.8, 4) is 11.5 Å². The van der Waals surface area contributed by atoms with Gasteiger partial charge in [0.05, 0.1) is 5.69 Å². The second kappa shape index (κ2) is 7.86. The van der Waals surface area contributed by atoms with E-state index in [1.54, 1.807) is 18.5 Å². The molecule has 0 N–H and O–H groups in total. The average Bonchev–Trinajstić information content (AvgIpc) is 3.26. The number of hydrogen-bond donors (Lipinski definition) is 0. The second-order valence-electron chi connectivity index (χ2n) is 7.39. The van der Waals surface area contributed by atoms with Crippen LogP contribution in [-0.2, 0) is 20.1 Å². The Morgan fingerprint density at radius 1 is 0.968 bits per heavy atom.